The van der Waals surface area contributed by atoms with Crippen LogP contribution in [0.25, 0.3) is 10.9 Å². The number of hydrogen-bond acceptors (Lipinski definition) is 6. The van der Waals surface area contributed by atoms with E-state index >= 15 is 0 Å². The van der Waals surface area contributed by atoms with Crippen molar-refractivity contribution in [3.8, 4) is 0 Å². The summed E-state index contributed by atoms with van der Waals surface area (Å²) in [7, 11) is 0. The van der Waals surface area contributed by atoms with E-state index in [0.29, 0.717) is 39.7 Å². The van der Waals surface area contributed by atoms with E-state index < -0.39 is 12.0 Å². The first kappa shape index (κ1) is 29.0. The van der Waals surface area contributed by atoms with Crippen molar-refractivity contribution in [1.82, 2.24) is 19.3 Å². The molecule has 0 amide bonds. The highest BCUT2D eigenvalue weighted by Gasteiger charge is 2.37. The van der Waals surface area contributed by atoms with Gasteiger partial charge in [-0.25, -0.2) is 9.48 Å². The lowest BCUT2D eigenvalue weighted by Crippen LogP contribution is -2.29. The van der Waals surface area contributed by atoms with Crippen molar-refractivity contribution in [2.45, 2.75) is 37.0 Å². The standard InChI is InChI=1S/C36H30ClN5O2S/c1-24-32(34(43)44-22-26-14-6-3-7-15-26)33(42-35(38-24)39-36(40-42)45-23-27-16-8-10-18-30(27)37)29-21-41(20-25-12-4-2-5-13-25)31-19-11-9-17-28(29)31/h2-19,21,33H,20,22-23H2,1H3,(H,38,39,40). The first-order valence-electron chi connectivity index (χ1n) is 14.7. The summed E-state index contributed by atoms with van der Waals surface area (Å²) < 4.78 is 9.96. The molecule has 7 nitrogen and oxygen atoms in total. The molecule has 0 radical (unpaired) electrons. The fourth-order valence-electron chi connectivity index (χ4n) is 5.71. The van der Waals surface area contributed by atoms with Gasteiger partial charge in [-0.15, -0.1) is 5.10 Å². The Balaban J connectivity index is 1.30. The summed E-state index contributed by atoms with van der Waals surface area (Å²) in [6, 6.07) is 35.5. The maximum atomic E-state index is 14.0. The number of rotatable bonds is 9. The van der Waals surface area contributed by atoms with E-state index in [2.05, 4.69) is 40.3 Å². The maximum Gasteiger partial charge on any atom is 0.338 e. The number of benzene rings is 4. The van der Waals surface area contributed by atoms with E-state index in [9.17, 15) is 4.79 Å². The molecule has 7 rings (SSSR count). The van der Waals surface area contributed by atoms with Gasteiger partial charge in [0.2, 0.25) is 11.1 Å². The molecule has 1 aliphatic heterocycles. The summed E-state index contributed by atoms with van der Waals surface area (Å²) in [5.74, 6) is 0.779. The second-order valence-electron chi connectivity index (χ2n) is 10.9. The number of nitrogens with zero attached hydrogens (tertiary/aromatic N) is 4. The minimum atomic E-state index is -0.561. The molecule has 9 heteroatoms. The lowest BCUT2D eigenvalue weighted by molar-refractivity contribution is -0.140. The molecular formula is C36H30ClN5O2S. The van der Waals surface area contributed by atoms with Crippen molar-refractivity contribution in [1.29, 1.82) is 0 Å². The van der Waals surface area contributed by atoms with Crippen LogP contribution in [0.2, 0.25) is 5.02 Å². The van der Waals surface area contributed by atoms with Crippen molar-refractivity contribution in [3.05, 3.63) is 154 Å². The van der Waals surface area contributed by atoms with Crippen LogP contribution in [0, 0.1) is 0 Å². The van der Waals surface area contributed by atoms with Crippen LogP contribution in [0.1, 0.15) is 35.2 Å². The fraction of sp³-hybridized carbons (Fsp3) is 0.139. The number of hydrogen-bond donors (Lipinski definition) is 1. The average Bonchev–Trinajstić information content (AvgIpc) is 3.64. The molecular weight excluding hydrogens is 602 g/mol. The second kappa shape index (κ2) is 12.7. The first-order chi connectivity index (χ1) is 22.0. The van der Waals surface area contributed by atoms with Crippen LogP contribution in [0.15, 0.2) is 132 Å². The number of halogens is 1. The molecule has 0 aliphatic carbocycles. The Morgan fingerprint density at radius 2 is 1.60 bits per heavy atom. The average molecular weight is 632 g/mol. The van der Waals surface area contributed by atoms with Crippen molar-refractivity contribution < 1.29 is 9.53 Å². The van der Waals surface area contributed by atoms with Crippen LogP contribution < -0.4 is 5.32 Å². The van der Waals surface area contributed by atoms with Gasteiger partial charge in [0.15, 0.2) is 0 Å². The number of aromatic nitrogens is 4. The Labute approximate surface area is 270 Å². The summed E-state index contributed by atoms with van der Waals surface area (Å²) in [6.07, 6.45) is 2.13. The number of carbonyl (C=O) groups excluding carboxylic acids is 1. The van der Waals surface area contributed by atoms with Crippen LogP contribution >= 0.6 is 23.4 Å². The smallest absolute Gasteiger partial charge is 0.338 e. The lowest BCUT2D eigenvalue weighted by atomic mass is 9.95. The predicted octanol–water partition coefficient (Wildman–Crippen LogP) is 8.26. The van der Waals surface area contributed by atoms with E-state index in [1.54, 1.807) is 0 Å². The monoisotopic (exact) mass is 631 g/mol. The number of thioether (sulfide) groups is 1. The van der Waals surface area contributed by atoms with Crippen LogP contribution in [0.5, 0.6) is 0 Å². The van der Waals surface area contributed by atoms with Gasteiger partial charge < -0.3 is 14.6 Å². The molecule has 0 bridgehead atoms. The Hall–Kier alpha value is -4.79. The number of para-hydroxylation sites is 1. The molecule has 0 saturated carbocycles. The van der Waals surface area contributed by atoms with Gasteiger partial charge in [-0.3, -0.25) is 0 Å². The van der Waals surface area contributed by atoms with Gasteiger partial charge in [0.05, 0.1) is 5.57 Å². The number of carbonyl (C=O) groups is 1. The highest BCUT2D eigenvalue weighted by Crippen LogP contribution is 2.41. The summed E-state index contributed by atoms with van der Waals surface area (Å²) in [6.45, 7) is 2.75. The van der Waals surface area contributed by atoms with Crippen LogP contribution in [-0.4, -0.2) is 25.3 Å². The molecule has 6 aromatic rings. The molecule has 1 atom stereocenters. The summed E-state index contributed by atoms with van der Waals surface area (Å²) in [5, 5.41) is 10.6. The highest BCUT2D eigenvalue weighted by molar-refractivity contribution is 7.98. The maximum absolute atomic E-state index is 14.0. The molecule has 1 aliphatic rings. The molecule has 4 aromatic carbocycles. The Bertz CT molecular complexity index is 2020. The third kappa shape index (κ3) is 5.99. The highest BCUT2D eigenvalue weighted by atomic mass is 35.5. The van der Waals surface area contributed by atoms with Gasteiger partial charge in [0.1, 0.15) is 12.6 Å². The number of allylic oxidation sites excluding steroid dienone is 1. The van der Waals surface area contributed by atoms with Crippen molar-refractivity contribution in [3.63, 3.8) is 0 Å². The summed E-state index contributed by atoms with van der Waals surface area (Å²) in [5.41, 5.74) is 6.30. The molecule has 0 saturated heterocycles. The number of fused-ring (bicyclic) bond motifs is 2. The molecule has 45 heavy (non-hydrogen) atoms. The zero-order valence-electron chi connectivity index (χ0n) is 24.6. The predicted molar refractivity (Wildman–Crippen MR) is 179 cm³/mol. The normalized spacial score (nSPS) is 14.3. The summed E-state index contributed by atoms with van der Waals surface area (Å²) in [4.78, 5) is 18.8. The minimum absolute atomic E-state index is 0.169. The zero-order chi connectivity index (χ0) is 30.8. The molecule has 1 unspecified atom stereocenters. The number of esters is 1. The molecule has 1 N–H and O–H groups in total. The van der Waals surface area contributed by atoms with Gasteiger partial charge in [0.25, 0.3) is 0 Å². The fourth-order valence-corrected chi connectivity index (χ4v) is 6.82. The largest absolute Gasteiger partial charge is 0.457 e. The number of anilines is 1. The lowest BCUT2D eigenvalue weighted by Gasteiger charge is -2.27. The first-order valence-corrected chi connectivity index (χ1v) is 16.0. The second-order valence-corrected chi connectivity index (χ2v) is 12.2. The van der Waals surface area contributed by atoms with Crippen LogP contribution in [0.3, 0.4) is 0 Å². The number of ether oxygens (including phenoxy) is 1. The topological polar surface area (TPSA) is 74.0 Å². The Kier molecular flexibility index (Phi) is 8.15. The van der Waals surface area contributed by atoms with E-state index in [4.69, 9.17) is 26.4 Å². The van der Waals surface area contributed by atoms with Crippen LogP contribution in [0.4, 0.5) is 5.95 Å². The van der Waals surface area contributed by atoms with Gasteiger partial charge in [-0.05, 0) is 35.7 Å². The molecule has 3 heterocycles. The van der Waals surface area contributed by atoms with Gasteiger partial charge >= 0.3 is 5.97 Å². The van der Waals surface area contributed by atoms with Gasteiger partial charge in [-0.2, -0.15) is 4.98 Å². The van der Waals surface area contributed by atoms with Gasteiger partial charge in [-0.1, -0.05) is 120 Å². The van der Waals surface area contributed by atoms with Gasteiger partial charge in [0, 0.05) is 45.7 Å². The third-order valence-electron chi connectivity index (χ3n) is 7.89. The van der Waals surface area contributed by atoms with Crippen LogP contribution in [-0.2, 0) is 28.4 Å². The number of nitrogens with one attached hydrogen (secondary N) is 1. The molecule has 0 spiro atoms. The van der Waals surface area contributed by atoms with Crippen molar-refractivity contribution in [2.75, 3.05) is 5.32 Å². The SMILES string of the molecule is CC1=C(C(=O)OCc2ccccc2)C(c2cn(Cc3ccccc3)c3ccccc23)n2nc(SCc3ccccc3Cl)nc2N1. The van der Waals surface area contributed by atoms with E-state index in [0.717, 1.165) is 27.6 Å². The Morgan fingerprint density at radius 3 is 2.38 bits per heavy atom. The van der Waals surface area contributed by atoms with Crippen molar-refractivity contribution >= 4 is 46.2 Å². The zero-order valence-corrected chi connectivity index (χ0v) is 26.1. The van der Waals surface area contributed by atoms with E-state index in [1.807, 2.05) is 96.5 Å². The third-order valence-corrected chi connectivity index (χ3v) is 9.15. The molecule has 224 valence electrons. The Morgan fingerprint density at radius 1 is 0.911 bits per heavy atom. The quantitative estimate of drug-likeness (QED) is 0.128. The van der Waals surface area contributed by atoms with E-state index in [1.165, 1.54) is 17.3 Å². The van der Waals surface area contributed by atoms with E-state index in [-0.39, 0.29) is 6.61 Å². The molecule has 2 aromatic heterocycles. The minimum Gasteiger partial charge on any atom is -0.457 e. The van der Waals surface area contributed by atoms with Crippen molar-refractivity contribution in [2.24, 2.45) is 0 Å². The molecule has 0 fully saturated rings. The summed E-state index contributed by atoms with van der Waals surface area (Å²) >= 11 is 7.93.